The van der Waals surface area contributed by atoms with E-state index in [0.717, 1.165) is 16.4 Å². The number of hydrogen-bond acceptors (Lipinski definition) is 8. The van der Waals surface area contributed by atoms with E-state index in [1.807, 2.05) is 30.3 Å². The maximum Gasteiger partial charge on any atom is 0.424 e. The first kappa shape index (κ1) is 28.3. The Morgan fingerprint density at radius 3 is 2.27 bits per heavy atom. The van der Waals surface area contributed by atoms with Gasteiger partial charge in [-0.15, -0.1) is 0 Å². The fraction of sp³-hybridized carbons (Fsp3) is 0.152. The third-order valence-corrected chi connectivity index (χ3v) is 6.77. The van der Waals surface area contributed by atoms with E-state index in [0.29, 0.717) is 21.8 Å². The summed E-state index contributed by atoms with van der Waals surface area (Å²) >= 11 is 0. The number of hydrogen-bond donors (Lipinski definition) is 1. The molecule has 11 nitrogen and oxygen atoms in total. The van der Waals surface area contributed by atoms with Crippen molar-refractivity contribution in [1.29, 1.82) is 0 Å². The molecule has 1 aromatic heterocycles. The van der Waals surface area contributed by atoms with Gasteiger partial charge in [-0.25, -0.2) is 9.59 Å². The molecule has 4 aromatic rings. The number of nitrogens with zero attached hydrogens (tertiary/aromatic N) is 2. The largest absolute Gasteiger partial charge is 0.489 e. The molecule has 6 rings (SSSR count). The highest BCUT2D eigenvalue weighted by Gasteiger charge is 2.48. The van der Waals surface area contributed by atoms with E-state index >= 15 is 0 Å². The van der Waals surface area contributed by atoms with Gasteiger partial charge < -0.3 is 24.1 Å². The first-order valence-corrected chi connectivity index (χ1v) is 13.6. The summed E-state index contributed by atoms with van der Waals surface area (Å²) in [5.41, 5.74) is -0.361. The summed E-state index contributed by atoms with van der Waals surface area (Å²) in [4.78, 5) is 53.6. The molecule has 3 aromatic carbocycles. The topological polar surface area (TPSA) is 134 Å². The minimum atomic E-state index is -1.34. The van der Waals surface area contributed by atoms with Crippen LogP contribution in [0.2, 0.25) is 0 Å². The summed E-state index contributed by atoms with van der Waals surface area (Å²) in [6, 6.07) is 20.9. The highest BCUT2D eigenvalue weighted by Crippen LogP contribution is 2.42. The maximum absolute atomic E-state index is 13.9. The van der Waals surface area contributed by atoms with Crippen molar-refractivity contribution in [3.8, 4) is 17.2 Å². The Kier molecular flexibility index (Phi) is 6.93. The maximum atomic E-state index is 13.9. The number of carbonyl (C=O) groups excluding carboxylic acids is 3. The van der Waals surface area contributed by atoms with Crippen LogP contribution >= 0.6 is 0 Å². The van der Waals surface area contributed by atoms with Crippen LogP contribution in [0.4, 0.5) is 9.59 Å². The molecule has 2 aliphatic rings. The van der Waals surface area contributed by atoms with Gasteiger partial charge in [-0.2, -0.15) is 4.90 Å². The smallest absolute Gasteiger partial charge is 0.424 e. The van der Waals surface area contributed by atoms with Gasteiger partial charge in [0.05, 0.1) is 16.7 Å². The van der Waals surface area contributed by atoms with Crippen LogP contribution in [0.1, 0.15) is 31.9 Å². The van der Waals surface area contributed by atoms with Crippen LogP contribution in [-0.4, -0.2) is 44.2 Å². The van der Waals surface area contributed by atoms with Gasteiger partial charge in [0.25, 0.3) is 11.8 Å². The Morgan fingerprint density at radius 1 is 0.886 bits per heavy atom. The van der Waals surface area contributed by atoms with Crippen molar-refractivity contribution in [2.24, 2.45) is 0 Å². The van der Waals surface area contributed by atoms with Crippen molar-refractivity contribution in [3.63, 3.8) is 0 Å². The van der Waals surface area contributed by atoms with Crippen LogP contribution in [0.3, 0.4) is 0 Å². The van der Waals surface area contributed by atoms with E-state index in [4.69, 9.17) is 18.9 Å². The van der Waals surface area contributed by atoms with Crippen molar-refractivity contribution in [1.82, 2.24) is 9.47 Å². The van der Waals surface area contributed by atoms with Gasteiger partial charge in [0.2, 0.25) is 0 Å². The summed E-state index contributed by atoms with van der Waals surface area (Å²) in [5, 5.41) is 10.4. The Bertz CT molecular complexity index is 1910. The molecule has 0 bridgehead atoms. The second kappa shape index (κ2) is 10.8. The molecule has 3 amide bonds. The van der Waals surface area contributed by atoms with E-state index in [-0.39, 0.29) is 40.3 Å². The average molecular weight is 595 g/mol. The highest BCUT2D eigenvalue weighted by molar-refractivity contribution is 6.42. The van der Waals surface area contributed by atoms with E-state index < -0.39 is 29.6 Å². The first-order chi connectivity index (χ1) is 21.0. The zero-order chi connectivity index (χ0) is 31.2. The molecule has 3 heterocycles. The molecule has 0 atom stereocenters. The number of carbonyl (C=O) groups is 4. The SMILES string of the molecule is CC(C)(C)OC(=O)N1C(=O)C(C2=COc3ccccc3O2)=C(c2cn(C(=O)O)c3cc(OCc4ccccc4)ccc23)C1=O. The van der Waals surface area contributed by atoms with Crippen molar-refractivity contribution >= 4 is 40.5 Å². The lowest BCUT2D eigenvalue weighted by molar-refractivity contribution is -0.135. The molecule has 0 saturated heterocycles. The summed E-state index contributed by atoms with van der Waals surface area (Å²) in [6.07, 6.45) is -0.149. The molecule has 0 radical (unpaired) electrons. The minimum absolute atomic E-state index is 0.0831. The number of carboxylic acid groups (broad SMARTS) is 1. The lowest BCUT2D eigenvalue weighted by Gasteiger charge is -2.23. The first-order valence-electron chi connectivity index (χ1n) is 13.6. The Balaban J connectivity index is 1.48. The van der Waals surface area contributed by atoms with Gasteiger partial charge in [0.15, 0.2) is 17.3 Å². The highest BCUT2D eigenvalue weighted by atomic mass is 16.6. The number of imide groups is 3. The van der Waals surface area contributed by atoms with Crippen molar-refractivity contribution in [3.05, 3.63) is 108 Å². The van der Waals surface area contributed by atoms with Crippen molar-refractivity contribution in [2.75, 3.05) is 0 Å². The normalized spacial score (nSPS) is 14.6. The summed E-state index contributed by atoms with van der Waals surface area (Å²) < 4.78 is 23.8. The fourth-order valence-corrected chi connectivity index (χ4v) is 4.88. The van der Waals surface area contributed by atoms with Crippen LogP contribution in [0.5, 0.6) is 17.2 Å². The van der Waals surface area contributed by atoms with Gasteiger partial charge in [0, 0.05) is 23.2 Å². The fourth-order valence-electron chi connectivity index (χ4n) is 4.88. The number of para-hydroxylation sites is 2. The average Bonchev–Trinajstić information content (AvgIpc) is 3.49. The molecule has 0 aliphatic carbocycles. The number of aromatic nitrogens is 1. The van der Waals surface area contributed by atoms with Gasteiger partial charge in [-0.05, 0) is 50.6 Å². The monoisotopic (exact) mass is 594 g/mol. The number of rotatable bonds is 5. The van der Waals surface area contributed by atoms with Gasteiger partial charge >= 0.3 is 12.2 Å². The summed E-state index contributed by atoms with van der Waals surface area (Å²) in [7, 11) is 0. The third-order valence-electron chi connectivity index (χ3n) is 6.77. The molecular formula is C33H26N2O9. The molecule has 2 aliphatic heterocycles. The number of ether oxygens (including phenoxy) is 4. The van der Waals surface area contributed by atoms with Crippen molar-refractivity contribution < 1.29 is 43.2 Å². The van der Waals surface area contributed by atoms with Crippen LogP contribution < -0.4 is 14.2 Å². The third kappa shape index (κ3) is 5.15. The van der Waals surface area contributed by atoms with Gasteiger partial charge in [-0.1, -0.05) is 42.5 Å². The lowest BCUT2D eigenvalue weighted by Crippen LogP contribution is -2.41. The van der Waals surface area contributed by atoms with Crippen molar-refractivity contribution in [2.45, 2.75) is 33.0 Å². The zero-order valence-electron chi connectivity index (χ0n) is 23.9. The molecule has 0 unspecified atom stereocenters. The van der Waals surface area contributed by atoms with Crippen LogP contribution in [0.15, 0.2) is 96.6 Å². The molecule has 1 N–H and O–H groups in total. The Hall–Kier alpha value is -5.84. The second-order valence-electron chi connectivity index (χ2n) is 11.0. The summed E-state index contributed by atoms with van der Waals surface area (Å²) in [5.74, 6) is -1.10. The number of fused-ring (bicyclic) bond motifs is 2. The molecule has 11 heteroatoms. The van der Waals surface area contributed by atoms with Gasteiger partial charge in [0.1, 0.15) is 24.2 Å². The second-order valence-corrected chi connectivity index (χ2v) is 11.0. The predicted octanol–water partition coefficient (Wildman–Crippen LogP) is 6.12. The van der Waals surface area contributed by atoms with Crippen LogP contribution in [-0.2, 0) is 20.9 Å². The quantitative estimate of drug-likeness (QED) is 0.271. The van der Waals surface area contributed by atoms with Gasteiger partial charge in [-0.3, -0.25) is 14.2 Å². The van der Waals surface area contributed by atoms with E-state index in [1.165, 1.54) is 12.3 Å². The Morgan fingerprint density at radius 2 is 1.57 bits per heavy atom. The standard InChI is InChI=1S/C33H26N2O9/c1-33(2,3)44-32(40)35-29(36)27(28(30(35)37)26-18-42-24-11-7-8-12-25(24)43-26)22-16-34(31(38)39)23-15-20(13-14-21(22)23)41-17-19-9-5-4-6-10-19/h4-16,18H,17H2,1-3H3,(H,38,39). The van der Waals surface area contributed by atoms with E-state index in [2.05, 4.69) is 0 Å². The lowest BCUT2D eigenvalue weighted by atomic mass is 9.99. The Labute approximate surface area is 251 Å². The molecule has 222 valence electrons. The number of amides is 3. The molecular weight excluding hydrogens is 568 g/mol. The minimum Gasteiger partial charge on any atom is -0.489 e. The van der Waals surface area contributed by atoms with Crippen LogP contribution in [0.25, 0.3) is 16.5 Å². The van der Waals surface area contributed by atoms with E-state index in [1.54, 1.807) is 57.2 Å². The number of benzene rings is 3. The van der Waals surface area contributed by atoms with E-state index in [9.17, 15) is 24.3 Å². The molecule has 0 fully saturated rings. The zero-order valence-corrected chi connectivity index (χ0v) is 23.9. The molecule has 0 spiro atoms. The molecule has 0 saturated carbocycles. The van der Waals surface area contributed by atoms with Crippen LogP contribution in [0, 0.1) is 0 Å². The molecule has 44 heavy (non-hydrogen) atoms. The summed E-state index contributed by atoms with van der Waals surface area (Å²) in [6.45, 7) is 5.04. The predicted molar refractivity (Wildman–Crippen MR) is 157 cm³/mol.